The van der Waals surface area contributed by atoms with Crippen LogP contribution in [0.2, 0.25) is 0 Å². The molecule has 1 aromatic carbocycles. The molecule has 4 rings (SSSR count). The van der Waals surface area contributed by atoms with Crippen molar-refractivity contribution in [3.63, 3.8) is 0 Å². The summed E-state index contributed by atoms with van der Waals surface area (Å²) >= 11 is 0. The Kier molecular flexibility index (Phi) is 4.95. The maximum atomic E-state index is 13.7. The molecule has 0 amide bonds. The van der Waals surface area contributed by atoms with Gasteiger partial charge in [-0.15, -0.1) is 0 Å². The van der Waals surface area contributed by atoms with E-state index >= 15 is 0 Å². The van der Waals surface area contributed by atoms with Crippen molar-refractivity contribution in [1.29, 1.82) is 0 Å². The molecule has 0 spiro atoms. The lowest BCUT2D eigenvalue weighted by molar-refractivity contribution is -0.550. The van der Waals surface area contributed by atoms with Gasteiger partial charge in [-0.05, 0) is 18.9 Å². The SMILES string of the molecule is O=[N+]([O-])[C@@H]1[C@@H]([C@H]2CCC=C2N2CCOCC2)c2ccccc2O[C@H]1C(F)(F)F. The Balaban J connectivity index is 1.77. The highest BCUT2D eigenvalue weighted by molar-refractivity contribution is 5.42. The number of para-hydroxylation sites is 1. The van der Waals surface area contributed by atoms with Crippen LogP contribution in [0.25, 0.3) is 0 Å². The minimum absolute atomic E-state index is 0.0844. The molecule has 1 aliphatic carbocycles. The summed E-state index contributed by atoms with van der Waals surface area (Å²) in [6.07, 6.45) is -4.01. The van der Waals surface area contributed by atoms with E-state index in [-0.39, 0.29) is 11.7 Å². The van der Waals surface area contributed by atoms with E-state index in [2.05, 4.69) is 4.90 Å². The fourth-order valence-corrected chi connectivity index (χ4v) is 4.66. The van der Waals surface area contributed by atoms with Crippen molar-refractivity contribution in [2.75, 3.05) is 26.3 Å². The van der Waals surface area contributed by atoms with E-state index in [0.29, 0.717) is 44.7 Å². The number of hydrogen-bond donors (Lipinski definition) is 0. The molecular formula is C19H21F3N2O4. The van der Waals surface area contributed by atoms with Crippen molar-refractivity contribution in [2.45, 2.75) is 37.1 Å². The summed E-state index contributed by atoms with van der Waals surface area (Å²) in [6.45, 7) is 2.36. The largest absolute Gasteiger partial charge is 0.473 e. The van der Waals surface area contributed by atoms with Gasteiger partial charge in [-0.3, -0.25) is 10.1 Å². The molecule has 1 saturated heterocycles. The van der Waals surface area contributed by atoms with Crippen LogP contribution >= 0.6 is 0 Å². The third-order valence-electron chi connectivity index (χ3n) is 5.80. The first-order chi connectivity index (χ1) is 13.4. The van der Waals surface area contributed by atoms with Crippen LogP contribution in [0.5, 0.6) is 5.75 Å². The quantitative estimate of drug-likeness (QED) is 0.577. The van der Waals surface area contributed by atoms with E-state index in [1.54, 1.807) is 18.2 Å². The van der Waals surface area contributed by atoms with Crippen LogP contribution in [-0.4, -0.2) is 54.4 Å². The van der Waals surface area contributed by atoms with Gasteiger partial charge in [-0.25, -0.2) is 0 Å². The lowest BCUT2D eigenvalue weighted by atomic mass is 9.75. The number of nitrogens with zero attached hydrogens (tertiary/aromatic N) is 2. The molecule has 0 aromatic heterocycles. The van der Waals surface area contributed by atoms with Crippen molar-refractivity contribution < 1.29 is 27.6 Å². The Bertz CT molecular complexity index is 777. The van der Waals surface area contributed by atoms with E-state index in [1.165, 1.54) is 6.07 Å². The molecule has 152 valence electrons. The standard InChI is InChI=1S/C19H21F3N2O4/c20-19(21,22)18-17(24(25)26)16(13-4-1-2-7-15(13)28-18)12-5-3-6-14(12)23-8-10-27-11-9-23/h1-2,4,6-7,12,16-18H,3,5,8-11H2/t12-,16-,17+,18+/m0/s1. The minimum Gasteiger partial charge on any atom is -0.473 e. The highest BCUT2D eigenvalue weighted by Gasteiger charge is 2.61. The zero-order valence-corrected chi connectivity index (χ0v) is 15.1. The van der Waals surface area contributed by atoms with Gasteiger partial charge in [-0.1, -0.05) is 24.3 Å². The second kappa shape index (κ2) is 7.27. The van der Waals surface area contributed by atoms with Gasteiger partial charge in [0.2, 0.25) is 0 Å². The summed E-state index contributed by atoms with van der Waals surface area (Å²) in [5.74, 6) is -1.17. The average molecular weight is 398 g/mol. The number of hydrogen-bond acceptors (Lipinski definition) is 5. The van der Waals surface area contributed by atoms with Crippen LogP contribution < -0.4 is 4.74 Å². The second-order valence-corrected chi connectivity index (χ2v) is 7.33. The molecule has 3 aliphatic rings. The van der Waals surface area contributed by atoms with Gasteiger partial charge in [0, 0.05) is 35.2 Å². The fourth-order valence-electron chi connectivity index (χ4n) is 4.66. The number of alkyl halides is 3. The van der Waals surface area contributed by atoms with Gasteiger partial charge in [0.1, 0.15) is 5.75 Å². The Labute approximate surface area is 160 Å². The van der Waals surface area contributed by atoms with Crippen LogP contribution in [0.3, 0.4) is 0 Å². The molecule has 0 unspecified atom stereocenters. The normalized spacial score (nSPS) is 30.4. The van der Waals surface area contributed by atoms with Gasteiger partial charge in [-0.2, -0.15) is 13.2 Å². The van der Waals surface area contributed by atoms with Crippen molar-refractivity contribution in [3.05, 3.63) is 51.7 Å². The molecule has 28 heavy (non-hydrogen) atoms. The highest BCUT2D eigenvalue weighted by atomic mass is 19.4. The molecule has 0 radical (unpaired) electrons. The van der Waals surface area contributed by atoms with Gasteiger partial charge in [0.15, 0.2) is 0 Å². The Morgan fingerprint density at radius 2 is 1.89 bits per heavy atom. The van der Waals surface area contributed by atoms with Gasteiger partial charge in [0.25, 0.3) is 12.1 Å². The summed E-state index contributed by atoms with van der Waals surface area (Å²) in [6, 6.07) is 4.50. The van der Waals surface area contributed by atoms with Crippen molar-refractivity contribution in [1.82, 2.24) is 4.90 Å². The zero-order chi connectivity index (χ0) is 19.9. The Hall–Kier alpha value is -2.29. The first kappa shape index (κ1) is 19.0. The minimum atomic E-state index is -4.83. The maximum Gasteiger partial charge on any atom is 0.432 e. The molecule has 0 N–H and O–H groups in total. The maximum absolute atomic E-state index is 13.7. The molecule has 2 heterocycles. The third-order valence-corrected chi connectivity index (χ3v) is 5.80. The lowest BCUT2D eigenvalue weighted by Gasteiger charge is -2.41. The number of fused-ring (bicyclic) bond motifs is 1. The van der Waals surface area contributed by atoms with Crippen LogP contribution in [0.4, 0.5) is 13.2 Å². The number of allylic oxidation sites excluding steroid dienone is 2. The number of benzene rings is 1. The third kappa shape index (κ3) is 3.32. The summed E-state index contributed by atoms with van der Waals surface area (Å²) in [5.41, 5.74) is 1.38. The van der Waals surface area contributed by atoms with E-state index in [9.17, 15) is 23.3 Å². The Morgan fingerprint density at radius 1 is 1.18 bits per heavy atom. The van der Waals surface area contributed by atoms with Gasteiger partial charge >= 0.3 is 6.18 Å². The fraction of sp³-hybridized carbons (Fsp3) is 0.579. The van der Waals surface area contributed by atoms with Crippen LogP contribution in [-0.2, 0) is 4.74 Å². The first-order valence-corrected chi connectivity index (χ1v) is 9.36. The van der Waals surface area contributed by atoms with Gasteiger partial charge in [0.05, 0.1) is 19.1 Å². The predicted octanol–water partition coefficient (Wildman–Crippen LogP) is 3.36. The second-order valence-electron chi connectivity index (χ2n) is 7.33. The van der Waals surface area contributed by atoms with Crippen LogP contribution in [0, 0.1) is 16.0 Å². The first-order valence-electron chi connectivity index (χ1n) is 9.36. The number of ether oxygens (including phenoxy) is 2. The average Bonchev–Trinajstić information content (AvgIpc) is 3.15. The topological polar surface area (TPSA) is 64.8 Å². The van der Waals surface area contributed by atoms with Crippen LogP contribution in [0.15, 0.2) is 36.0 Å². The number of nitro groups is 1. The number of morpholine rings is 1. The lowest BCUT2D eigenvalue weighted by Crippen LogP contribution is -2.55. The van der Waals surface area contributed by atoms with E-state index in [1.807, 2.05) is 6.08 Å². The van der Waals surface area contributed by atoms with E-state index in [0.717, 1.165) is 5.70 Å². The smallest absolute Gasteiger partial charge is 0.432 e. The molecule has 0 saturated carbocycles. The molecule has 2 aliphatic heterocycles. The number of rotatable bonds is 3. The summed E-state index contributed by atoms with van der Waals surface area (Å²) in [4.78, 5) is 13.1. The van der Waals surface area contributed by atoms with Gasteiger partial charge < -0.3 is 14.4 Å². The van der Waals surface area contributed by atoms with Crippen molar-refractivity contribution >= 4 is 0 Å². The summed E-state index contributed by atoms with van der Waals surface area (Å²) in [5, 5.41) is 11.8. The van der Waals surface area contributed by atoms with E-state index in [4.69, 9.17) is 9.47 Å². The summed E-state index contributed by atoms with van der Waals surface area (Å²) < 4.78 is 51.6. The Morgan fingerprint density at radius 3 is 2.57 bits per heavy atom. The highest BCUT2D eigenvalue weighted by Crippen LogP contribution is 2.50. The molecular weight excluding hydrogens is 377 g/mol. The van der Waals surface area contributed by atoms with Crippen molar-refractivity contribution in [3.8, 4) is 5.75 Å². The molecule has 6 nitrogen and oxygen atoms in total. The molecule has 4 atom stereocenters. The predicted molar refractivity (Wildman–Crippen MR) is 93.6 cm³/mol. The molecule has 1 fully saturated rings. The molecule has 1 aromatic rings. The number of halogens is 3. The summed E-state index contributed by atoms with van der Waals surface area (Å²) in [7, 11) is 0. The monoisotopic (exact) mass is 398 g/mol. The van der Waals surface area contributed by atoms with E-state index < -0.39 is 29.2 Å². The van der Waals surface area contributed by atoms with Crippen molar-refractivity contribution in [2.24, 2.45) is 5.92 Å². The molecule has 9 heteroatoms. The zero-order valence-electron chi connectivity index (χ0n) is 15.1. The molecule has 0 bridgehead atoms. The van der Waals surface area contributed by atoms with Crippen LogP contribution in [0.1, 0.15) is 24.3 Å².